The molecule has 1 aromatic carbocycles. The normalized spacial score (nSPS) is 10.6. The first-order chi connectivity index (χ1) is 8.70. The molecular formula is C15H15F2N. The molecule has 1 nitrogen and oxygen atoms in total. The van der Waals surface area contributed by atoms with Gasteiger partial charge >= 0.3 is 0 Å². The molecule has 94 valence electrons. The van der Waals surface area contributed by atoms with E-state index in [1.165, 1.54) is 18.3 Å². The van der Waals surface area contributed by atoms with E-state index in [9.17, 15) is 8.78 Å². The molecule has 0 saturated heterocycles. The van der Waals surface area contributed by atoms with Crippen LogP contribution in [0.15, 0.2) is 36.5 Å². The maximum absolute atomic E-state index is 13.6. The first-order valence-corrected chi connectivity index (χ1v) is 6.11. The predicted molar refractivity (Wildman–Crippen MR) is 68.2 cm³/mol. The topological polar surface area (TPSA) is 12.9 Å². The fourth-order valence-electron chi connectivity index (χ4n) is 1.84. The molecule has 0 unspecified atom stereocenters. The second-order valence-corrected chi connectivity index (χ2v) is 4.27. The lowest BCUT2D eigenvalue weighted by Crippen LogP contribution is -1.93. The van der Waals surface area contributed by atoms with Crippen molar-refractivity contribution in [3.05, 3.63) is 53.7 Å². The molecule has 1 aromatic heterocycles. The van der Waals surface area contributed by atoms with E-state index in [-0.39, 0.29) is 11.6 Å². The quantitative estimate of drug-likeness (QED) is 0.781. The van der Waals surface area contributed by atoms with Gasteiger partial charge in [-0.25, -0.2) is 8.78 Å². The molecule has 0 aliphatic carbocycles. The third kappa shape index (κ3) is 2.92. The van der Waals surface area contributed by atoms with Crippen LogP contribution < -0.4 is 0 Å². The predicted octanol–water partition coefficient (Wildman–Crippen LogP) is 4.37. The molecule has 0 saturated carbocycles. The largest absolute Gasteiger partial charge is 0.253 e. The second kappa shape index (κ2) is 5.71. The van der Waals surface area contributed by atoms with Gasteiger partial charge in [-0.05, 0) is 48.7 Å². The number of hydrogen-bond donors (Lipinski definition) is 0. The Balaban J connectivity index is 2.31. The van der Waals surface area contributed by atoms with E-state index in [1.54, 1.807) is 18.2 Å². The Hall–Kier alpha value is -1.77. The minimum Gasteiger partial charge on any atom is -0.253 e. The monoisotopic (exact) mass is 247 g/mol. The van der Waals surface area contributed by atoms with Gasteiger partial charge in [-0.15, -0.1) is 0 Å². The van der Waals surface area contributed by atoms with Gasteiger partial charge in [0.2, 0.25) is 0 Å². The first kappa shape index (κ1) is 12.7. The average molecular weight is 247 g/mol. The van der Waals surface area contributed by atoms with Crippen molar-refractivity contribution in [3.8, 4) is 11.3 Å². The van der Waals surface area contributed by atoms with Gasteiger partial charge in [0, 0.05) is 5.56 Å². The van der Waals surface area contributed by atoms with Gasteiger partial charge in [0.15, 0.2) is 0 Å². The average Bonchev–Trinajstić information content (AvgIpc) is 2.39. The van der Waals surface area contributed by atoms with Crippen LogP contribution in [0.1, 0.15) is 25.3 Å². The summed E-state index contributed by atoms with van der Waals surface area (Å²) in [6.45, 7) is 2.07. The number of aryl methyl sites for hydroxylation is 1. The van der Waals surface area contributed by atoms with Gasteiger partial charge < -0.3 is 0 Å². The summed E-state index contributed by atoms with van der Waals surface area (Å²) in [5, 5.41) is 0. The Morgan fingerprint density at radius 2 is 1.94 bits per heavy atom. The van der Waals surface area contributed by atoms with Crippen molar-refractivity contribution in [2.24, 2.45) is 0 Å². The van der Waals surface area contributed by atoms with Gasteiger partial charge in [0.25, 0.3) is 0 Å². The molecule has 0 bridgehead atoms. The lowest BCUT2D eigenvalue weighted by molar-refractivity contribution is 0.603. The smallest absolute Gasteiger partial charge is 0.141 e. The first-order valence-electron chi connectivity index (χ1n) is 6.11. The third-order valence-corrected chi connectivity index (χ3v) is 2.87. The minimum atomic E-state index is -0.368. The molecule has 0 aliphatic rings. The zero-order valence-electron chi connectivity index (χ0n) is 10.3. The Morgan fingerprint density at radius 3 is 2.61 bits per heavy atom. The van der Waals surface area contributed by atoms with E-state index >= 15 is 0 Å². The summed E-state index contributed by atoms with van der Waals surface area (Å²) in [4.78, 5) is 4.00. The van der Waals surface area contributed by atoms with Crippen LogP contribution in [0.2, 0.25) is 0 Å². The Kier molecular flexibility index (Phi) is 4.03. The summed E-state index contributed by atoms with van der Waals surface area (Å²) in [6, 6.07) is 7.88. The summed E-state index contributed by atoms with van der Waals surface area (Å²) >= 11 is 0. The van der Waals surface area contributed by atoms with E-state index in [1.807, 2.05) is 0 Å². The highest BCUT2D eigenvalue weighted by Gasteiger charge is 2.06. The Bertz CT molecular complexity index is 521. The summed E-state index contributed by atoms with van der Waals surface area (Å²) in [6.07, 6.45) is 3.87. The van der Waals surface area contributed by atoms with E-state index < -0.39 is 0 Å². The zero-order chi connectivity index (χ0) is 13.0. The van der Waals surface area contributed by atoms with Gasteiger partial charge in [0.05, 0.1) is 11.9 Å². The fourth-order valence-corrected chi connectivity index (χ4v) is 1.84. The molecule has 1 heterocycles. The van der Waals surface area contributed by atoms with Crippen molar-refractivity contribution in [1.82, 2.24) is 4.98 Å². The van der Waals surface area contributed by atoms with Gasteiger partial charge in [-0.2, -0.15) is 0 Å². The fraction of sp³-hybridized carbons (Fsp3) is 0.267. The van der Waals surface area contributed by atoms with Crippen LogP contribution in [-0.2, 0) is 6.42 Å². The number of unbranched alkanes of at least 4 members (excludes halogenated alkanes) is 1. The molecule has 0 radical (unpaired) electrons. The molecule has 3 heteroatoms. The van der Waals surface area contributed by atoms with Crippen molar-refractivity contribution in [1.29, 1.82) is 0 Å². The van der Waals surface area contributed by atoms with Gasteiger partial charge in [0.1, 0.15) is 11.6 Å². The summed E-state index contributed by atoms with van der Waals surface area (Å²) < 4.78 is 26.4. The highest BCUT2D eigenvalue weighted by atomic mass is 19.1. The standard InChI is InChI=1S/C15H15F2N/c1-2-3-4-11-9-12(5-7-14(11)17)15-8-6-13(16)10-18-15/h5-10H,2-4H2,1H3. The maximum atomic E-state index is 13.6. The van der Waals surface area contributed by atoms with E-state index in [4.69, 9.17) is 0 Å². The molecular weight excluding hydrogens is 232 g/mol. The Morgan fingerprint density at radius 1 is 1.11 bits per heavy atom. The number of nitrogens with zero attached hydrogens (tertiary/aromatic N) is 1. The lowest BCUT2D eigenvalue weighted by Gasteiger charge is -2.06. The van der Waals surface area contributed by atoms with Gasteiger partial charge in [-0.1, -0.05) is 13.3 Å². The number of benzene rings is 1. The highest BCUT2D eigenvalue weighted by Crippen LogP contribution is 2.21. The highest BCUT2D eigenvalue weighted by molar-refractivity contribution is 5.59. The molecule has 0 aliphatic heterocycles. The molecule has 2 aromatic rings. The van der Waals surface area contributed by atoms with Crippen LogP contribution >= 0.6 is 0 Å². The van der Waals surface area contributed by atoms with Crippen molar-refractivity contribution in [2.75, 3.05) is 0 Å². The maximum Gasteiger partial charge on any atom is 0.141 e. The number of rotatable bonds is 4. The minimum absolute atomic E-state index is 0.186. The van der Waals surface area contributed by atoms with Crippen molar-refractivity contribution >= 4 is 0 Å². The molecule has 0 amide bonds. The van der Waals surface area contributed by atoms with Crippen molar-refractivity contribution < 1.29 is 8.78 Å². The number of hydrogen-bond acceptors (Lipinski definition) is 1. The van der Waals surface area contributed by atoms with E-state index in [2.05, 4.69) is 11.9 Å². The van der Waals surface area contributed by atoms with Gasteiger partial charge in [-0.3, -0.25) is 4.98 Å². The molecule has 0 spiro atoms. The zero-order valence-corrected chi connectivity index (χ0v) is 10.3. The summed E-state index contributed by atoms with van der Waals surface area (Å²) in [5.41, 5.74) is 2.18. The van der Waals surface area contributed by atoms with E-state index in [0.29, 0.717) is 11.3 Å². The van der Waals surface area contributed by atoms with Crippen molar-refractivity contribution in [2.45, 2.75) is 26.2 Å². The van der Waals surface area contributed by atoms with Crippen LogP contribution in [0.4, 0.5) is 8.78 Å². The summed E-state index contributed by atoms with van der Waals surface area (Å²) in [7, 11) is 0. The van der Waals surface area contributed by atoms with E-state index in [0.717, 1.165) is 24.8 Å². The number of halogens is 2. The molecule has 18 heavy (non-hydrogen) atoms. The number of aromatic nitrogens is 1. The molecule has 0 atom stereocenters. The molecule has 2 rings (SSSR count). The third-order valence-electron chi connectivity index (χ3n) is 2.87. The molecule has 0 fully saturated rings. The van der Waals surface area contributed by atoms with Crippen LogP contribution in [0.3, 0.4) is 0 Å². The SMILES string of the molecule is CCCCc1cc(-c2ccc(F)cn2)ccc1F. The second-order valence-electron chi connectivity index (χ2n) is 4.27. The number of pyridine rings is 1. The Labute approximate surface area is 105 Å². The van der Waals surface area contributed by atoms with Crippen molar-refractivity contribution in [3.63, 3.8) is 0 Å². The summed E-state index contributed by atoms with van der Waals surface area (Å²) in [5.74, 6) is -0.554. The lowest BCUT2D eigenvalue weighted by atomic mass is 10.0. The molecule has 0 N–H and O–H groups in total. The van der Waals surface area contributed by atoms with Crippen LogP contribution in [0.25, 0.3) is 11.3 Å². The van der Waals surface area contributed by atoms with Crippen LogP contribution in [-0.4, -0.2) is 4.98 Å². The van der Waals surface area contributed by atoms with Crippen LogP contribution in [0, 0.1) is 11.6 Å². The van der Waals surface area contributed by atoms with Crippen LogP contribution in [0.5, 0.6) is 0 Å².